The number of benzene rings is 3. The van der Waals surface area contributed by atoms with Crippen LogP contribution in [0.3, 0.4) is 0 Å². The number of hydrogen-bond acceptors (Lipinski definition) is 3. The Morgan fingerprint density at radius 1 is 0.741 bits per heavy atom. The summed E-state index contributed by atoms with van der Waals surface area (Å²) in [7, 11) is 0. The van der Waals surface area contributed by atoms with Gasteiger partial charge in [0.2, 0.25) is 0 Å². The smallest absolute Gasteiger partial charge is 0.271 e. The third kappa shape index (κ3) is 4.98. The summed E-state index contributed by atoms with van der Waals surface area (Å²) in [6, 6.07) is 25.7. The molecule has 0 radical (unpaired) electrons. The molecule has 0 unspecified atom stereocenters. The van der Waals surface area contributed by atoms with Crippen LogP contribution in [0.25, 0.3) is 0 Å². The van der Waals surface area contributed by atoms with E-state index in [0.717, 1.165) is 11.1 Å². The lowest BCUT2D eigenvalue weighted by Gasteiger charge is -2.08. The number of ketones is 1. The number of nitrogens with one attached hydrogen (secondary N) is 1. The van der Waals surface area contributed by atoms with E-state index in [2.05, 4.69) is 10.5 Å². The van der Waals surface area contributed by atoms with Crippen LogP contribution in [0.5, 0.6) is 0 Å². The van der Waals surface area contributed by atoms with Crippen LogP contribution in [0.2, 0.25) is 0 Å². The first-order valence-electron chi connectivity index (χ1n) is 8.71. The summed E-state index contributed by atoms with van der Waals surface area (Å²) in [6.45, 7) is 1.96. The lowest BCUT2D eigenvalue weighted by atomic mass is 10.0. The first-order chi connectivity index (χ1) is 13.1. The molecular weight excluding hydrogens is 336 g/mol. The number of Topliss-reactive ketones (excluding diaryl/α,β-unsaturated/α-hetero) is 1. The predicted molar refractivity (Wildman–Crippen MR) is 107 cm³/mol. The maximum Gasteiger partial charge on any atom is 0.271 e. The van der Waals surface area contributed by atoms with Crippen LogP contribution in [0.4, 0.5) is 0 Å². The van der Waals surface area contributed by atoms with Crippen LogP contribution in [0, 0.1) is 6.92 Å². The van der Waals surface area contributed by atoms with E-state index in [1.165, 1.54) is 0 Å². The van der Waals surface area contributed by atoms with Crippen LogP contribution in [0.1, 0.15) is 38.3 Å². The number of amides is 1. The minimum absolute atomic E-state index is 0.0530. The molecule has 1 amide bonds. The van der Waals surface area contributed by atoms with Gasteiger partial charge in [-0.2, -0.15) is 5.10 Å². The molecule has 3 aromatic rings. The molecule has 0 heterocycles. The number of aryl methyl sites for hydroxylation is 1. The maximum absolute atomic E-state index is 12.6. The number of carbonyl (C=O) groups excluding carboxylic acids is 2. The van der Waals surface area contributed by atoms with Gasteiger partial charge < -0.3 is 0 Å². The van der Waals surface area contributed by atoms with Crippen LogP contribution < -0.4 is 5.43 Å². The van der Waals surface area contributed by atoms with Gasteiger partial charge >= 0.3 is 0 Å². The molecule has 0 saturated heterocycles. The standard InChI is InChI=1S/C23H20N2O2/c1-17-12-14-20(15-13-17)23(27)25-24-21(18-8-4-2-5-9-18)16-22(26)19-10-6-3-7-11-19/h2-15H,16H2,1H3,(H,25,27)/b24-21-. The molecule has 0 aliphatic heterocycles. The summed E-state index contributed by atoms with van der Waals surface area (Å²) in [6.07, 6.45) is 0.0994. The van der Waals surface area contributed by atoms with Gasteiger partial charge in [-0.15, -0.1) is 0 Å². The van der Waals surface area contributed by atoms with Crippen molar-refractivity contribution in [3.8, 4) is 0 Å². The Labute approximate surface area is 158 Å². The molecule has 3 rings (SSSR count). The summed E-state index contributed by atoms with van der Waals surface area (Å²) < 4.78 is 0. The van der Waals surface area contributed by atoms with Crippen molar-refractivity contribution in [3.05, 3.63) is 107 Å². The van der Waals surface area contributed by atoms with E-state index in [9.17, 15) is 9.59 Å². The van der Waals surface area contributed by atoms with Crippen molar-refractivity contribution in [2.45, 2.75) is 13.3 Å². The highest BCUT2D eigenvalue weighted by Crippen LogP contribution is 2.10. The lowest BCUT2D eigenvalue weighted by Crippen LogP contribution is -2.21. The molecule has 0 aromatic heterocycles. The number of hydrazone groups is 1. The molecular formula is C23H20N2O2. The zero-order valence-corrected chi connectivity index (χ0v) is 15.1. The minimum Gasteiger partial charge on any atom is -0.294 e. The third-order valence-corrected chi connectivity index (χ3v) is 4.14. The molecule has 4 nitrogen and oxygen atoms in total. The Hall–Kier alpha value is -3.53. The number of rotatable bonds is 6. The van der Waals surface area contributed by atoms with Gasteiger partial charge in [0, 0.05) is 11.1 Å². The fraction of sp³-hybridized carbons (Fsp3) is 0.0870. The van der Waals surface area contributed by atoms with Gasteiger partial charge in [-0.25, -0.2) is 5.43 Å². The average molecular weight is 356 g/mol. The molecule has 0 bridgehead atoms. The van der Waals surface area contributed by atoms with Gasteiger partial charge in [0.25, 0.3) is 5.91 Å². The second-order valence-electron chi connectivity index (χ2n) is 6.20. The third-order valence-electron chi connectivity index (χ3n) is 4.14. The van der Waals surface area contributed by atoms with E-state index in [0.29, 0.717) is 16.8 Å². The first-order valence-corrected chi connectivity index (χ1v) is 8.71. The second kappa shape index (κ2) is 8.72. The topological polar surface area (TPSA) is 58.5 Å². The monoisotopic (exact) mass is 356 g/mol. The van der Waals surface area contributed by atoms with Crippen molar-refractivity contribution >= 4 is 17.4 Å². The van der Waals surface area contributed by atoms with Crippen LogP contribution in [-0.2, 0) is 0 Å². The molecule has 27 heavy (non-hydrogen) atoms. The Morgan fingerprint density at radius 3 is 1.89 bits per heavy atom. The van der Waals surface area contributed by atoms with Crippen molar-refractivity contribution in [1.29, 1.82) is 0 Å². The second-order valence-corrected chi connectivity index (χ2v) is 6.20. The number of carbonyl (C=O) groups is 2. The summed E-state index contributed by atoms with van der Waals surface area (Å²) in [5.74, 6) is -0.363. The number of hydrogen-bond donors (Lipinski definition) is 1. The Kier molecular flexibility index (Phi) is 5.90. The van der Waals surface area contributed by atoms with Crippen molar-refractivity contribution in [3.63, 3.8) is 0 Å². The molecule has 134 valence electrons. The zero-order chi connectivity index (χ0) is 19.1. The largest absolute Gasteiger partial charge is 0.294 e. The molecule has 0 fully saturated rings. The quantitative estimate of drug-likeness (QED) is 0.404. The van der Waals surface area contributed by atoms with Gasteiger partial charge in [-0.1, -0.05) is 78.4 Å². The lowest BCUT2D eigenvalue weighted by molar-refractivity contribution is 0.0951. The summed E-state index contributed by atoms with van der Waals surface area (Å²) in [5.41, 5.74) is 6.10. The molecule has 3 aromatic carbocycles. The Morgan fingerprint density at radius 2 is 1.30 bits per heavy atom. The SMILES string of the molecule is Cc1ccc(C(=O)N/N=C(/CC(=O)c2ccccc2)c2ccccc2)cc1. The molecule has 1 N–H and O–H groups in total. The fourth-order valence-electron chi connectivity index (χ4n) is 2.60. The van der Waals surface area contributed by atoms with Crippen molar-refractivity contribution < 1.29 is 9.59 Å². The Bertz CT molecular complexity index is 947. The summed E-state index contributed by atoms with van der Waals surface area (Å²) in [5, 5.41) is 4.25. The zero-order valence-electron chi connectivity index (χ0n) is 15.1. The van der Waals surface area contributed by atoms with Crippen LogP contribution in [0.15, 0.2) is 90.0 Å². The number of nitrogens with zero attached hydrogens (tertiary/aromatic N) is 1. The highest BCUT2D eigenvalue weighted by molar-refractivity contribution is 6.16. The highest BCUT2D eigenvalue weighted by atomic mass is 16.2. The van der Waals surface area contributed by atoms with E-state index in [1.54, 1.807) is 24.3 Å². The molecule has 0 aliphatic rings. The average Bonchev–Trinajstić information content (AvgIpc) is 2.72. The summed E-state index contributed by atoms with van der Waals surface area (Å²) >= 11 is 0. The van der Waals surface area contributed by atoms with Crippen molar-refractivity contribution in [2.24, 2.45) is 5.10 Å². The highest BCUT2D eigenvalue weighted by Gasteiger charge is 2.13. The molecule has 4 heteroatoms. The van der Waals surface area contributed by atoms with Gasteiger partial charge in [0.05, 0.1) is 12.1 Å². The van der Waals surface area contributed by atoms with E-state index < -0.39 is 0 Å². The molecule has 0 atom stereocenters. The van der Waals surface area contributed by atoms with Crippen molar-refractivity contribution in [1.82, 2.24) is 5.43 Å². The summed E-state index contributed by atoms with van der Waals surface area (Å²) in [4.78, 5) is 24.9. The van der Waals surface area contributed by atoms with Gasteiger partial charge in [-0.3, -0.25) is 9.59 Å². The predicted octanol–water partition coefficient (Wildman–Crippen LogP) is 4.40. The van der Waals surface area contributed by atoms with Gasteiger partial charge in [0.15, 0.2) is 5.78 Å². The molecule has 0 spiro atoms. The van der Waals surface area contributed by atoms with Gasteiger partial charge in [-0.05, 0) is 24.6 Å². The van der Waals surface area contributed by atoms with Crippen LogP contribution >= 0.6 is 0 Å². The molecule has 0 saturated carbocycles. The van der Waals surface area contributed by atoms with Crippen LogP contribution in [-0.4, -0.2) is 17.4 Å². The Balaban J connectivity index is 1.81. The fourth-order valence-corrected chi connectivity index (χ4v) is 2.60. The maximum atomic E-state index is 12.6. The van der Waals surface area contributed by atoms with Gasteiger partial charge in [0.1, 0.15) is 0 Å². The van der Waals surface area contributed by atoms with E-state index in [1.807, 2.05) is 67.6 Å². The van der Waals surface area contributed by atoms with E-state index >= 15 is 0 Å². The first kappa shape index (κ1) is 18.3. The normalized spacial score (nSPS) is 11.1. The van der Waals surface area contributed by atoms with E-state index in [-0.39, 0.29) is 18.1 Å². The van der Waals surface area contributed by atoms with Crippen molar-refractivity contribution in [2.75, 3.05) is 0 Å². The van der Waals surface area contributed by atoms with E-state index in [4.69, 9.17) is 0 Å². The minimum atomic E-state index is -0.310. The molecule has 0 aliphatic carbocycles.